The van der Waals surface area contributed by atoms with Crippen LogP contribution in [0.1, 0.15) is 31.2 Å². The van der Waals surface area contributed by atoms with Crippen LogP contribution in [0.25, 0.3) is 6.08 Å². The second kappa shape index (κ2) is 9.30. The first kappa shape index (κ1) is 21.2. The zero-order valence-corrected chi connectivity index (χ0v) is 16.7. The molecule has 0 aliphatic heterocycles. The van der Waals surface area contributed by atoms with Crippen LogP contribution < -0.4 is 0 Å². The van der Waals surface area contributed by atoms with Crippen molar-refractivity contribution in [3.05, 3.63) is 76.4 Å². The summed E-state index contributed by atoms with van der Waals surface area (Å²) in [5.41, 5.74) is 0.453. The van der Waals surface area contributed by atoms with Crippen LogP contribution in [0.3, 0.4) is 0 Å². The average Bonchev–Trinajstić information content (AvgIpc) is 2.72. The standard InChI is InChI=1S/C21H24N2O5S/c24-20-14-6-4-12-18(20)22(16-8-11-17-9-2-1-3-10-17)29(27,28)21-15-7-5-13-19(21)23(25)26/h1-3,5,7-11,13,15,18,20,24H,4,6,12,14,16H2/b11-8+. The van der Waals surface area contributed by atoms with Crippen molar-refractivity contribution in [2.75, 3.05) is 6.54 Å². The molecule has 2 aromatic carbocycles. The maximum Gasteiger partial charge on any atom is 0.289 e. The molecule has 8 heteroatoms. The molecular formula is C21H24N2O5S. The van der Waals surface area contributed by atoms with E-state index in [0.717, 1.165) is 18.4 Å². The Morgan fingerprint density at radius 2 is 1.72 bits per heavy atom. The molecule has 0 bridgehead atoms. The molecule has 2 atom stereocenters. The fraction of sp³-hybridized carbons (Fsp3) is 0.333. The predicted molar refractivity (Wildman–Crippen MR) is 111 cm³/mol. The third-order valence-electron chi connectivity index (χ3n) is 5.11. The zero-order chi connectivity index (χ0) is 20.9. The van der Waals surface area contributed by atoms with E-state index in [4.69, 9.17) is 0 Å². The molecule has 0 saturated heterocycles. The second-order valence-corrected chi connectivity index (χ2v) is 8.89. The number of nitro groups is 1. The summed E-state index contributed by atoms with van der Waals surface area (Å²) >= 11 is 0. The second-order valence-electron chi connectivity index (χ2n) is 7.03. The summed E-state index contributed by atoms with van der Waals surface area (Å²) in [6.07, 6.45) is 5.37. The molecule has 29 heavy (non-hydrogen) atoms. The van der Waals surface area contributed by atoms with E-state index in [1.165, 1.54) is 28.6 Å². The van der Waals surface area contributed by atoms with Gasteiger partial charge in [0.25, 0.3) is 15.7 Å². The van der Waals surface area contributed by atoms with Crippen molar-refractivity contribution < 1.29 is 18.4 Å². The highest BCUT2D eigenvalue weighted by Crippen LogP contribution is 2.32. The van der Waals surface area contributed by atoms with Gasteiger partial charge in [-0.25, -0.2) is 8.42 Å². The Morgan fingerprint density at radius 1 is 1.07 bits per heavy atom. The molecule has 1 N–H and O–H groups in total. The van der Waals surface area contributed by atoms with Crippen LogP contribution in [0.5, 0.6) is 0 Å². The van der Waals surface area contributed by atoms with Crippen molar-refractivity contribution in [3.8, 4) is 0 Å². The summed E-state index contributed by atoms with van der Waals surface area (Å²) < 4.78 is 28.0. The lowest BCUT2D eigenvalue weighted by atomic mass is 9.92. The summed E-state index contributed by atoms with van der Waals surface area (Å²) in [7, 11) is -4.18. The van der Waals surface area contributed by atoms with Crippen molar-refractivity contribution in [2.24, 2.45) is 0 Å². The Labute approximate surface area is 170 Å². The molecule has 0 spiro atoms. The van der Waals surface area contributed by atoms with Crippen molar-refractivity contribution in [1.29, 1.82) is 0 Å². The smallest absolute Gasteiger partial charge is 0.289 e. The van der Waals surface area contributed by atoms with Crippen LogP contribution >= 0.6 is 0 Å². The largest absolute Gasteiger partial charge is 0.391 e. The number of aliphatic hydroxyl groups is 1. The first-order chi connectivity index (χ1) is 13.9. The molecule has 2 aromatic rings. The van der Waals surface area contributed by atoms with E-state index in [9.17, 15) is 23.6 Å². The monoisotopic (exact) mass is 416 g/mol. The molecular weight excluding hydrogens is 392 g/mol. The summed E-state index contributed by atoms with van der Waals surface area (Å²) in [5.74, 6) is 0. The van der Waals surface area contributed by atoms with Crippen molar-refractivity contribution in [1.82, 2.24) is 4.31 Å². The zero-order valence-electron chi connectivity index (χ0n) is 15.9. The Morgan fingerprint density at radius 3 is 2.41 bits per heavy atom. The molecule has 2 unspecified atom stereocenters. The number of nitrogens with zero attached hydrogens (tertiary/aromatic N) is 2. The van der Waals surface area contributed by atoms with E-state index >= 15 is 0 Å². The highest BCUT2D eigenvalue weighted by Gasteiger charge is 2.39. The third kappa shape index (κ3) is 4.90. The maximum atomic E-state index is 13.4. The van der Waals surface area contributed by atoms with Gasteiger partial charge < -0.3 is 5.11 Å². The third-order valence-corrected chi connectivity index (χ3v) is 7.05. The van der Waals surface area contributed by atoms with Crippen molar-refractivity contribution >= 4 is 21.8 Å². The number of hydrogen-bond acceptors (Lipinski definition) is 5. The van der Waals surface area contributed by atoms with E-state index in [-0.39, 0.29) is 11.4 Å². The molecule has 3 rings (SSSR count). The number of aliphatic hydroxyl groups excluding tert-OH is 1. The fourth-order valence-corrected chi connectivity index (χ4v) is 5.44. The Hall–Kier alpha value is -2.55. The fourth-order valence-electron chi connectivity index (χ4n) is 3.65. The lowest BCUT2D eigenvalue weighted by Gasteiger charge is -2.36. The summed E-state index contributed by atoms with van der Waals surface area (Å²) in [4.78, 5) is 10.3. The SMILES string of the molecule is O=[N+]([O-])c1ccccc1S(=O)(=O)N(C/C=C/c1ccccc1)C1CCCCC1O. The van der Waals surface area contributed by atoms with Gasteiger partial charge in [0.1, 0.15) is 0 Å². The number of sulfonamides is 1. The van der Waals surface area contributed by atoms with Crippen LogP contribution in [-0.4, -0.2) is 41.4 Å². The Bertz CT molecular complexity index is 976. The number of para-hydroxylation sites is 1. The molecule has 1 saturated carbocycles. The van der Waals surface area contributed by atoms with Crippen molar-refractivity contribution in [2.45, 2.75) is 42.7 Å². The topological polar surface area (TPSA) is 101 Å². The minimum absolute atomic E-state index is 0.0189. The highest BCUT2D eigenvalue weighted by molar-refractivity contribution is 7.89. The van der Waals surface area contributed by atoms with Crippen LogP contribution in [0, 0.1) is 10.1 Å². The molecule has 154 valence electrons. The average molecular weight is 416 g/mol. The van der Waals surface area contributed by atoms with Gasteiger partial charge in [0, 0.05) is 12.6 Å². The van der Waals surface area contributed by atoms with Gasteiger partial charge in [-0.2, -0.15) is 4.31 Å². The van der Waals surface area contributed by atoms with E-state index in [1.807, 2.05) is 30.3 Å². The Balaban J connectivity index is 1.98. The highest BCUT2D eigenvalue weighted by atomic mass is 32.2. The van der Waals surface area contributed by atoms with Gasteiger partial charge in [-0.1, -0.05) is 67.5 Å². The van der Waals surface area contributed by atoms with Gasteiger partial charge in [0.2, 0.25) is 0 Å². The molecule has 0 aromatic heterocycles. The quantitative estimate of drug-likeness (QED) is 0.549. The Kier molecular flexibility index (Phi) is 6.79. The number of hydrogen-bond donors (Lipinski definition) is 1. The normalized spacial score (nSPS) is 20.2. The molecule has 1 fully saturated rings. The predicted octanol–water partition coefficient (Wildman–Crippen LogP) is 3.60. The molecule has 1 aliphatic rings. The molecule has 0 amide bonds. The molecule has 7 nitrogen and oxygen atoms in total. The number of nitro benzene ring substituents is 1. The molecule has 1 aliphatic carbocycles. The van der Waals surface area contributed by atoms with Gasteiger partial charge in [0.05, 0.1) is 17.1 Å². The van der Waals surface area contributed by atoms with E-state index < -0.39 is 32.8 Å². The number of rotatable bonds is 7. The van der Waals surface area contributed by atoms with Gasteiger partial charge in [-0.05, 0) is 24.5 Å². The summed E-state index contributed by atoms with van der Waals surface area (Å²) in [6.45, 7) is 0.0189. The van der Waals surface area contributed by atoms with Gasteiger partial charge in [0.15, 0.2) is 4.90 Å². The van der Waals surface area contributed by atoms with Crippen LogP contribution in [0.4, 0.5) is 5.69 Å². The lowest BCUT2D eigenvalue weighted by Crippen LogP contribution is -2.48. The van der Waals surface area contributed by atoms with E-state index in [0.29, 0.717) is 12.8 Å². The van der Waals surface area contributed by atoms with Gasteiger partial charge in [-0.3, -0.25) is 10.1 Å². The van der Waals surface area contributed by atoms with Gasteiger partial charge in [-0.15, -0.1) is 0 Å². The molecule has 0 heterocycles. The van der Waals surface area contributed by atoms with E-state index in [2.05, 4.69) is 0 Å². The minimum Gasteiger partial charge on any atom is -0.391 e. The van der Waals surface area contributed by atoms with E-state index in [1.54, 1.807) is 12.2 Å². The van der Waals surface area contributed by atoms with Crippen LogP contribution in [-0.2, 0) is 10.0 Å². The summed E-state index contributed by atoms with van der Waals surface area (Å²) in [5, 5.41) is 21.9. The first-order valence-corrected chi connectivity index (χ1v) is 11.0. The summed E-state index contributed by atoms with van der Waals surface area (Å²) in [6, 6.07) is 14.2. The first-order valence-electron chi connectivity index (χ1n) is 9.56. The number of benzene rings is 2. The minimum atomic E-state index is -4.18. The van der Waals surface area contributed by atoms with Crippen molar-refractivity contribution in [3.63, 3.8) is 0 Å². The lowest BCUT2D eigenvalue weighted by molar-refractivity contribution is -0.387. The van der Waals surface area contributed by atoms with Gasteiger partial charge >= 0.3 is 0 Å². The van der Waals surface area contributed by atoms with Crippen LogP contribution in [0.2, 0.25) is 0 Å². The maximum absolute atomic E-state index is 13.4. The molecule has 0 radical (unpaired) electrons. The van der Waals surface area contributed by atoms with Crippen LogP contribution in [0.15, 0.2) is 65.6 Å².